The Morgan fingerprint density at radius 1 is 1.69 bits per heavy atom. The topological polar surface area (TPSA) is 56.2 Å². The van der Waals surface area contributed by atoms with Gasteiger partial charge in [-0.25, -0.2) is 0 Å². The summed E-state index contributed by atoms with van der Waals surface area (Å²) in [6, 6.07) is 3.34. The normalized spacial score (nSPS) is 12.8. The summed E-state index contributed by atoms with van der Waals surface area (Å²) in [4.78, 5) is 11.4. The van der Waals surface area contributed by atoms with Gasteiger partial charge in [-0.3, -0.25) is 4.79 Å². The van der Waals surface area contributed by atoms with Gasteiger partial charge in [0.05, 0.1) is 6.26 Å². The van der Waals surface area contributed by atoms with E-state index in [4.69, 9.17) is 10.2 Å². The molecule has 1 atom stereocenters. The van der Waals surface area contributed by atoms with Crippen molar-refractivity contribution in [3.63, 3.8) is 0 Å². The summed E-state index contributed by atoms with van der Waals surface area (Å²) >= 11 is 0. The molecule has 0 radical (unpaired) electrons. The fraction of sp³-hybridized carbons (Fsp3) is 0.500. The van der Waals surface area contributed by atoms with Gasteiger partial charge in [0, 0.05) is 12.5 Å². The van der Waals surface area contributed by atoms with E-state index in [-0.39, 0.29) is 11.8 Å². The van der Waals surface area contributed by atoms with Crippen LogP contribution in [-0.2, 0) is 0 Å². The highest BCUT2D eigenvalue weighted by molar-refractivity contribution is 5.93. The van der Waals surface area contributed by atoms with Crippen LogP contribution in [0.2, 0.25) is 0 Å². The van der Waals surface area contributed by atoms with Gasteiger partial charge in [-0.15, -0.1) is 0 Å². The first-order valence-electron chi connectivity index (χ1n) is 4.56. The van der Waals surface area contributed by atoms with E-state index in [1.807, 2.05) is 0 Å². The molecule has 13 heavy (non-hydrogen) atoms. The Labute approximate surface area is 77.9 Å². The lowest BCUT2D eigenvalue weighted by atomic mass is 10.1. The third kappa shape index (κ3) is 3.03. The van der Waals surface area contributed by atoms with Gasteiger partial charge in [0.15, 0.2) is 11.5 Å². The molecule has 3 heteroatoms. The van der Waals surface area contributed by atoms with E-state index in [9.17, 15) is 4.79 Å². The molecule has 1 unspecified atom stereocenters. The fourth-order valence-corrected chi connectivity index (χ4v) is 1.25. The molecule has 1 aromatic rings. The van der Waals surface area contributed by atoms with Crippen LogP contribution in [-0.4, -0.2) is 11.8 Å². The molecule has 0 aliphatic carbocycles. The Morgan fingerprint density at radius 2 is 2.46 bits per heavy atom. The zero-order valence-electron chi connectivity index (χ0n) is 7.82. The predicted octanol–water partition coefficient (Wildman–Crippen LogP) is 1.98. The van der Waals surface area contributed by atoms with Crippen LogP contribution in [0.3, 0.4) is 0 Å². The number of furan rings is 1. The van der Waals surface area contributed by atoms with Crippen molar-refractivity contribution in [2.24, 2.45) is 5.73 Å². The van der Waals surface area contributed by atoms with E-state index in [1.54, 1.807) is 12.1 Å². The molecule has 0 aliphatic rings. The Hall–Kier alpha value is -1.09. The van der Waals surface area contributed by atoms with Gasteiger partial charge in [0.2, 0.25) is 0 Å². The monoisotopic (exact) mass is 181 g/mol. The summed E-state index contributed by atoms with van der Waals surface area (Å²) in [6.45, 7) is 2.05. The van der Waals surface area contributed by atoms with Gasteiger partial charge in [-0.2, -0.15) is 0 Å². The molecular formula is C10H15NO2. The van der Waals surface area contributed by atoms with Gasteiger partial charge >= 0.3 is 0 Å². The zero-order valence-corrected chi connectivity index (χ0v) is 7.82. The van der Waals surface area contributed by atoms with Crippen molar-refractivity contribution in [2.75, 3.05) is 0 Å². The lowest BCUT2D eigenvalue weighted by Crippen LogP contribution is -2.23. The van der Waals surface area contributed by atoms with Crippen LogP contribution >= 0.6 is 0 Å². The van der Waals surface area contributed by atoms with Gasteiger partial charge < -0.3 is 10.2 Å². The van der Waals surface area contributed by atoms with Crippen LogP contribution < -0.4 is 5.73 Å². The number of hydrogen-bond donors (Lipinski definition) is 1. The molecule has 72 valence electrons. The maximum Gasteiger partial charge on any atom is 0.199 e. The number of carbonyl (C=O) groups is 1. The van der Waals surface area contributed by atoms with E-state index in [0.717, 1.165) is 12.8 Å². The molecule has 1 rings (SSSR count). The number of carbonyl (C=O) groups excluding carboxylic acids is 1. The van der Waals surface area contributed by atoms with E-state index in [1.165, 1.54) is 6.26 Å². The van der Waals surface area contributed by atoms with Crippen LogP contribution in [0.1, 0.15) is 36.7 Å². The number of nitrogens with two attached hydrogens (primary N) is 1. The quantitative estimate of drug-likeness (QED) is 0.706. The van der Waals surface area contributed by atoms with Crippen molar-refractivity contribution in [3.8, 4) is 0 Å². The highest BCUT2D eigenvalue weighted by Crippen LogP contribution is 2.07. The van der Waals surface area contributed by atoms with Crippen molar-refractivity contribution >= 4 is 5.78 Å². The SMILES string of the molecule is CCCC(N)CC(=O)c1ccco1. The second kappa shape index (κ2) is 4.82. The molecule has 0 aromatic carbocycles. The van der Waals surface area contributed by atoms with E-state index < -0.39 is 0 Å². The average Bonchev–Trinajstić information content (AvgIpc) is 2.55. The predicted molar refractivity (Wildman–Crippen MR) is 50.5 cm³/mol. The molecular weight excluding hydrogens is 166 g/mol. The average molecular weight is 181 g/mol. The van der Waals surface area contributed by atoms with Crippen molar-refractivity contribution < 1.29 is 9.21 Å². The fourth-order valence-electron chi connectivity index (χ4n) is 1.25. The molecule has 0 spiro atoms. The first-order chi connectivity index (χ1) is 6.24. The zero-order chi connectivity index (χ0) is 9.68. The van der Waals surface area contributed by atoms with E-state index in [0.29, 0.717) is 12.2 Å². The summed E-state index contributed by atoms with van der Waals surface area (Å²) in [6.07, 6.45) is 3.76. The number of ketones is 1. The Bertz CT molecular complexity index is 254. The minimum atomic E-state index is -0.0393. The van der Waals surface area contributed by atoms with Gasteiger partial charge in [0.25, 0.3) is 0 Å². The van der Waals surface area contributed by atoms with Crippen LogP contribution in [0.4, 0.5) is 0 Å². The molecule has 0 saturated heterocycles. The first kappa shape index (κ1) is 9.99. The minimum Gasteiger partial charge on any atom is -0.461 e. The molecule has 0 fully saturated rings. The molecule has 3 nitrogen and oxygen atoms in total. The third-order valence-electron chi connectivity index (χ3n) is 1.90. The second-order valence-corrected chi connectivity index (χ2v) is 3.15. The standard InChI is InChI=1S/C10H15NO2/c1-2-4-8(11)7-9(12)10-5-3-6-13-10/h3,5-6,8H,2,4,7,11H2,1H3. The largest absolute Gasteiger partial charge is 0.461 e. The van der Waals surface area contributed by atoms with Crippen LogP contribution in [0.15, 0.2) is 22.8 Å². The van der Waals surface area contributed by atoms with Crippen LogP contribution in [0, 0.1) is 0 Å². The molecule has 1 aromatic heterocycles. The van der Waals surface area contributed by atoms with Gasteiger partial charge in [-0.05, 0) is 18.6 Å². The lowest BCUT2D eigenvalue weighted by Gasteiger charge is -2.06. The van der Waals surface area contributed by atoms with E-state index in [2.05, 4.69) is 6.92 Å². The Morgan fingerprint density at radius 3 is 3.00 bits per heavy atom. The molecule has 0 saturated carbocycles. The first-order valence-corrected chi connectivity index (χ1v) is 4.56. The Kier molecular flexibility index (Phi) is 3.71. The van der Waals surface area contributed by atoms with Crippen molar-refractivity contribution in [2.45, 2.75) is 32.2 Å². The van der Waals surface area contributed by atoms with Crippen LogP contribution in [0.5, 0.6) is 0 Å². The minimum absolute atomic E-state index is 0.00838. The summed E-state index contributed by atoms with van der Waals surface area (Å²) < 4.78 is 4.97. The van der Waals surface area contributed by atoms with Crippen LogP contribution in [0.25, 0.3) is 0 Å². The van der Waals surface area contributed by atoms with Crippen molar-refractivity contribution in [3.05, 3.63) is 24.2 Å². The molecule has 0 aliphatic heterocycles. The molecule has 1 heterocycles. The number of rotatable bonds is 5. The maximum absolute atomic E-state index is 11.4. The summed E-state index contributed by atoms with van der Waals surface area (Å²) in [5.74, 6) is 0.400. The number of Topliss-reactive ketones (excluding diaryl/α,β-unsaturated/α-hetero) is 1. The second-order valence-electron chi connectivity index (χ2n) is 3.15. The smallest absolute Gasteiger partial charge is 0.199 e. The summed E-state index contributed by atoms with van der Waals surface area (Å²) in [5, 5.41) is 0. The van der Waals surface area contributed by atoms with Gasteiger partial charge in [-0.1, -0.05) is 13.3 Å². The van der Waals surface area contributed by atoms with Crippen molar-refractivity contribution in [1.82, 2.24) is 0 Å². The van der Waals surface area contributed by atoms with Gasteiger partial charge in [0.1, 0.15) is 0 Å². The lowest BCUT2D eigenvalue weighted by molar-refractivity contribution is 0.0946. The molecule has 0 bridgehead atoms. The summed E-state index contributed by atoms with van der Waals surface area (Å²) in [7, 11) is 0. The highest BCUT2D eigenvalue weighted by atomic mass is 16.3. The Balaban J connectivity index is 2.42. The van der Waals surface area contributed by atoms with Crippen molar-refractivity contribution in [1.29, 1.82) is 0 Å². The van der Waals surface area contributed by atoms with E-state index >= 15 is 0 Å². The maximum atomic E-state index is 11.4. The molecule has 0 amide bonds. The summed E-state index contributed by atoms with van der Waals surface area (Å²) in [5.41, 5.74) is 5.73. The highest BCUT2D eigenvalue weighted by Gasteiger charge is 2.12. The molecule has 2 N–H and O–H groups in total. The third-order valence-corrected chi connectivity index (χ3v) is 1.90. The number of hydrogen-bond acceptors (Lipinski definition) is 3.